The van der Waals surface area contributed by atoms with Crippen molar-refractivity contribution in [3.8, 4) is 0 Å². The number of rotatable bonds is 4. The molecule has 0 saturated heterocycles. The molecule has 4 aliphatic carbocycles. The van der Waals surface area contributed by atoms with Gasteiger partial charge in [-0.2, -0.15) is 13.2 Å². The quantitative estimate of drug-likeness (QED) is 0.716. The van der Waals surface area contributed by atoms with Gasteiger partial charge in [-0.25, -0.2) is 0 Å². The van der Waals surface area contributed by atoms with Crippen molar-refractivity contribution in [1.82, 2.24) is 0 Å². The standard InChI is InChI=1S/C16H22F3NO/c1-10(20-3-2-14(21)16(17,18)19)15-7-11-4-12(8-15)6-13(5-11)9-15/h3,10-13H,2,4-9H2,1H3/t10-,11?,12?,13?,15?/m1/s1. The van der Waals surface area contributed by atoms with Crippen molar-refractivity contribution >= 4 is 12.0 Å². The highest BCUT2D eigenvalue weighted by molar-refractivity contribution is 5.95. The fourth-order valence-corrected chi connectivity index (χ4v) is 5.26. The van der Waals surface area contributed by atoms with Crippen LogP contribution in [-0.2, 0) is 4.79 Å². The van der Waals surface area contributed by atoms with E-state index in [9.17, 15) is 18.0 Å². The molecule has 4 fully saturated rings. The summed E-state index contributed by atoms with van der Waals surface area (Å²) in [5.74, 6) is 0.686. The van der Waals surface area contributed by atoms with Gasteiger partial charge in [-0.3, -0.25) is 9.79 Å². The molecule has 4 bridgehead atoms. The zero-order valence-corrected chi connectivity index (χ0v) is 12.3. The molecule has 0 aliphatic heterocycles. The van der Waals surface area contributed by atoms with Gasteiger partial charge in [0.05, 0.1) is 12.5 Å². The van der Waals surface area contributed by atoms with Crippen LogP contribution in [0.1, 0.15) is 51.9 Å². The second-order valence-electron chi connectivity index (χ2n) is 7.41. The molecule has 0 unspecified atom stereocenters. The van der Waals surface area contributed by atoms with E-state index in [1.54, 1.807) is 0 Å². The van der Waals surface area contributed by atoms with Gasteiger partial charge in [-0.1, -0.05) is 0 Å². The molecule has 0 aromatic rings. The van der Waals surface area contributed by atoms with Gasteiger partial charge < -0.3 is 0 Å². The molecule has 0 radical (unpaired) electrons. The average molecular weight is 301 g/mol. The van der Waals surface area contributed by atoms with Crippen LogP contribution < -0.4 is 0 Å². The minimum Gasteiger partial charge on any atom is -0.293 e. The Morgan fingerprint density at radius 2 is 1.67 bits per heavy atom. The van der Waals surface area contributed by atoms with Crippen LogP contribution in [0.2, 0.25) is 0 Å². The van der Waals surface area contributed by atoms with Crippen LogP contribution in [0, 0.1) is 23.2 Å². The van der Waals surface area contributed by atoms with Gasteiger partial charge in [0.15, 0.2) is 0 Å². The third-order valence-electron chi connectivity index (χ3n) is 5.89. The molecule has 0 aromatic heterocycles. The predicted molar refractivity (Wildman–Crippen MR) is 74.2 cm³/mol. The summed E-state index contributed by atoms with van der Waals surface area (Å²) in [4.78, 5) is 15.2. The monoisotopic (exact) mass is 301 g/mol. The molecule has 4 aliphatic rings. The number of carbonyl (C=O) groups is 1. The zero-order valence-electron chi connectivity index (χ0n) is 12.3. The molecule has 0 amide bonds. The molecule has 21 heavy (non-hydrogen) atoms. The molecule has 0 N–H and O–H groups in total. The molecular weight excluding hydrogens is 279 g/mol. The number of carbonyl (C=O) groups excluding carboxylic acids is 1. The van der Waals surface area contributed by atoms with Crippen molar-refractivity contribution in [3.63, 3.8) is 0 Å². The van der Waals surface area contributed by atoms with E-state index in [-0.39, 0.29) is 11.5 Å². The smallest absolute Gasteiger partial charge is 0.293 e. The molecule has 5 heteroatoms. The van der Waals surface area contributed by atoms with Gasteiger partial charge in [0, 0.05) is 6.21 Å². The summed E-state index contributed by atoms with van der Waals surface area (Å²) >= 11 is 0. The van der Waals surface area contributed by atoms with Crippen LogP contribution in [0.15, 0.2) is 4.99 Å². The number of hydrogen-bond acceptors (Lipinski definition) is 2. The van der Waals surface area contributed by atoms with E-state index in [1.165, 1.54) is 44.7 Å². The minimum atomic E-state index is -4.74. The Hall–Kier alpha value is -0.870. The van der Waals surface area contributed by atoms with Crippen LogP contribution in [0.3, 0.4) is 0 Å². The number of aliphatic imine (C=N–C) groups is 1. The van der Waals surface area contributed by atoms with Crippen molar-refractivity contribution in [2.24, 2.45) is 28.2 Å². The van der Waals surface area contributed by atoms with Crippen LogP contribution >= 0.6 is 0 Å². The topological polar surface area (TPSA) is 29.4 Å². The van der Waals surface area contributed by atoms with Gasteiger partial charge in [-0.15, -0.1) is 0 Å². The Balaban J connectivity index is 1.63. The molecule has 0 spiro atoms. The van der Waals surface area contributed by atoms with Crippen LogP contribution in [0.25, 0.3) is 0 Å². The number of Topliss-reactive ketones (excluding diaryl/α,β-unsaturated/α-hetero) is 1. The fourth-order valence-electron chi connectivity index (χ4n) is 5.26. The summed E-state index contributed by atoms with van der Waals surface area (Å²) in [6.07, 6.45) is 3.35. The van der Waals surface area contributed by atoms with E-state index in [2.05, 4.69) is 4.99 Å². The van der Waals surface area contributed by atoms with Gasteiger partial charge in [-0.05, 0) is 68.6 Å². The fraction of sp³-hybridized carbons (Fsp3) is 0.875. The Kier molecular flexibility index (Phi) is 3.65. The summed E-state index contributed by atoms with van der Waals surface area (Å²) in [7, 11) is 0. The van der Waals surface area contributed by atoms with E-state index in [1.807, 2.05) is 6.92 Å². The van der Waals surface area contributed by atoms with E-state index in [0.717, 1.165) is 17.8 Å². The van der Waals surface area contributed by atoms with Gasteiger partial charge in [0.2, 0.25) is 5.78 Å². The Labute approximate surface area is 123 Å². The Morgan fingerprint density at radius 1 is 1.19 bits per heavy atom. The number of hydrogen-bond donors (Lipinski definition) is 0. The van der Waals surface area contributed by atoms with Gasteiger partial charge in [0.25, 0.3) is 0 Å². The number of ketones is 1. The summed E-state index contributed by atoms with van der Waals surface area (Å²) in [6, 6.07) is 0.0342. The first-order valence-electron chi connectivity index (χ1n) is 7.90. The second kappa shape index (κ2) is 5.10. The van der Waals surface area contributed by atoms with E-state index in [4.69, 9.17) is 0 Å². The highest BCUT2D eigenvalue weighted by Gasteiger charge is 2.53. The first kappa shape index (κ1) is 15.0. The SMILES string of the molecule is C[C@@H](N=CCC(=O)C(F)(F)F)C12CC3CC(CC(C3)C1)C2. The zero-order chi connectivity index (χ0) is 15.3. The molecular formula is C16H22F3NO. The Bertz CT molecular complexity index is 420. The second-order valence-corrected chi connectivity index (χ2v) is 7.41. The van der Waals surface area contributed by atoms with Gasteiger partial charge >= 0.3 is 6.18 Å². The molecule has 1 atom stereocenters. The number of alkyl halides is 3. The van der Waals surface area contributed by atoms with Crippen molar-refractivity contribution in [1.29, 1.82) is 0 Å². The summed E-state index contributed by atoms with van der Waals surface area (Å²) in [5, 5.41) is 0. The highest BCUT2D eigenvalue weighted by atomic mass is 19.4. The molecule has 0 heterocycles. The first-order valence-corrected chi connectivity index (χ1v) is 7.90. The van der Waals surface area contributed by atoms with Crippen molar-refractivity contribution in [3.05, 3.63) is 0 Å². The summed E-state index contributed by atoms with van der Waals surface area (Å²) in [5.41, 5.74) is 0.187. The lowest BCUT2D eigenvalue weighted by Crippen LogP contribution is -2.50. The van der Waals surface area contributed by atoms with Crippen LogP contribution in [0.4, 0.5) is 13.2 Å². The summed E-state index contributed by atoms with van der Waals surface area (Å²) < 4.78 is 36.5. The molecule has 4 rings (SSSR count). The maximum atomic E-state index is 12.2. The largest absolute Gasteiger partial charge is 0.450 e. The summed E-state index contributed by atoms with van der Waals surface area (Å²) in [6.45, 7) is 2.02. The predicted octanol–water partition coefficient (Wildman–Crippen LogP) is 4.18. The molecule has 0 aromatic carbocycles. The van der Waals surface area contributed by atoms with Crippen molar-refractivity contribution in [2.75, 3.05) is 0 Å². The number of halogens is 3. The third-order valence-corrected chi connectivity index (χ3v) is 5.89. The molecule has 118 valence electrons. The first-order chi connectivity index (χ1) is 9.78. The lowest BCUT2D eigenvalue weighted by Gasteiger charge is -2.58. The van der Waals surface area contributed by atoms with Gasteiger partial charge in [0.1, 0.15) is 0 Å². The van der Waals surface area contributed by atoms with E-state index < -0.39 is 18.4 Å². The van der Waals surface area contributed by atoms with Crippen molar-refractivity contribution in [2.45, 2.75) is 64.1 Å². The van der Waals surface area contributed by atoms with E-state index in [0.29, 0.717) is 0 Å². The van der Waals surface area contributed by atoms with Crippen LogP contribution in [-0.4, -0.2) is 24.2 Å². The highest BCUT2D eigenvalue weighted by Crippen LogP contribution is 2.61. The normalized spacial score (nSPS) is 39.9. The minimum absolute atomic E-state index is 0.0342. The van der Waals surface area contributed by atoms with Crippen LogP contribution in [0.5, 0.6) is 0 Å². The molecule has 4 saturated carbocycles. The third kappa shape index (κ3) is 2.88. The molecule has 2 nitrogen and oxygen atoms in total. The Morgan fingerprint density at radius 3 is 2.10 bits per heavy atom. The lowest BCUT2D eigenvalue weighted by molar-refractivity contribution is -0.169. The average Bonchev–Trinajstić information content (AvgIpc) is 2.35. The maximum Gasteiger partial charge on any atom is 0.450 e. The number of nitrogens with zero attached hydrogens (tertiary/aromatic N) is 1. The lowest BCUT2D eigenvalue weighted by atomic mass is 9.48. The van der Waals surface area contributed by atoms with Crippen molar-refractivity contribution < 1.29 is 18.0 Å². The maximum absolute atomic E-state index is 12.2. The van der Waals surface area contributed by atoms with E-state index >= 15 is 0 Å².